The molecule has 2 saturated heterocycles. The molecule has 29 heavy (non-hydrogen) atoms. The molecule has 0 saturated carbocycles. The minimum atomic E-state index is 0.00612. The van der Waals surface area contributed by atoms with Gasteiger partial charge in [0.2, 0.25) is 5.91 Å². The second-order valence-corrected chi connectivity index (χ2v) is 9.83. The Balaban J connectivity index is 1.32. The molecule has 2 unspecified atom stereocenters. The molecule has 6 nitrogen and oxygen atoms in total. The standard InChI is InChI=1S/C22H29N3O3S/c1-22(2)9-8-16(28-13-22)11-19(26)23-12-15-5-4-10-25(15)21(27)17-6-3-7-18-20(17)24-14-29-18/h3,6-7,14-16H,4-5,8-13H2,1-2H3,(H,23,26). The molecule has 2 aliphatic rings. The maximum atomic E-state index is 13.1. The molecule has 1 N–H and O–H groups in total. The largest absolute Gasteiger partial charge is 0.377 e. The zero-order chi connectivity index (χ0) is 20.4. The van der Waals surface area contributed by atoms with Gasteiger partial charge in [-0.25, -0.2) is 4.98 Å². The number of aromatic nitrogens is 1. The van der Waals surface area contributed by atoms with Crippen molar-refractivity contribution < 1.29 is 14.3 Å². The first-order valence-electron chi connectivity index (χ1n) is 10.4. The van der Waals surface area contributed by atoms with E-state index in [9.17, 15) is 9.59 Å². The summed E-state index contributed by atoms with van der Waals surface area (Å²) < 4.78 is 6.88. The van der Waals surface area contributed by atoms with Crippen molar-refractivity contribution in [1.29, 1.82) is 0 Å². The van der Waals surface area contributed by atoms with Crippen LogP contribution in [0.3, 0.4) is 0 Å². The smallest absolute Gasteiger partial charge is 0.256 e. The van der Waals surface area contributed by atoms with Crippen LogP contribution in [0.1, 0.15) is 56.3 Å². The number of hydrogen-bond donors (Lipinski definition) is 1. The number of carbonyl (C=O) groups is 2. The number of para-hydroxylation sites is 1. The lowest BCUT2D eigenvalue weighted by Gasteiger charge is -2.34. The van der Waals surface area contributed by atoms with Crippen molar-refractivity contribution in [1.82, 2.24) is 15.2 Å². The zero-order valence-corrected chi connectivity index (χ0v) is 18.0. The molecule has 2 aliphatic heterocycles. The number of amides is 2. The first kappa shape index (κ1) is 20.3. The van der Waals surface area contributed by atoms with Crippen LogP contribution in [-0.4, -0.2) is 53.5 Å². The Labute approximate surface area is 175 Å². The van der Waals surface area contributed by atoms with E-state index >= 15 is 0 Å². The SMILES string of the molecule is CC1(C)CCC(CC(=O)NCC2CCCN2C(=O)c2cccc3scnc23)OC1. The molecular weight excluding hydrogens is 386 g/mol. The quantitative estimate of drug-likeness (QED) is 0.810. The molecule has 156 valence electrons. The van der Waals surface area contributed by atoms with Gasteiger partial charge in [-0.05, 0) is 43.2 Å². The number of fused-ring (bicyclic) bond motifs is 1. The minimum Gasteiger partial charge on any atom is -0.377 e. The first-order valence-corrected chi connectivity index (χ1v) is 11.3. The van der Waals surface area contributed by atoms with Gasteiger partial charge in [-0.15, -0.1) is 11.3 Å². The van der Waals surface area contributed by atoms with Crippen molar-refractivity contribution in [3.05, 3.63) is 29.3 Å². The van der Waals surface area contributed by atoms with Gasteiger partial charge in [0.15, 0.2) is 0 Å². The molecule has 2 aromatic rings. The highest BCUT2D eigenvalue weighted by atomic mass is 32.1. The van der Waals surface area contributed by atoms with Gasteiger partial charge in [0.1, 0.15) is 0 Å². The van der Waals surface area contributed by atoms with E-state index in [-0.39, 0.29) is 29.4 Å². The van der Waals surface area contributed by atoms with Gasteiger partial charge >= 0.3 is 0 Å². The van der Waals surface area contributed by atoms with E-state index in [1.165, 1.54) is 0 Å². The molecule has 0 aliphatic carbocycles. The fourth-order valence-corrected chi connectivity index (χ4v) is 4.95. The highest BCUT2D eigenvalue weighted by molar-refractivity contribution is 7.16. The lowest BCUT2D eigenvalue weighted by atomic mass is 9.85. The van der Waals surface area contributed by atoms with E-state index in [4.69, 9.17) is 4.74 Å². The van der Waals surface area contributed by atoms with E-state index in [0.717, 1.165) is 42.4 Å². The van der Waals surface area contributed by atoms with Crippen LogP contribution in [0.5, 0.6) is 0 Å². The number of carbonyl (C=O) groups excluding carboxylic acids is 2. The van der Waals surface area contributed by atoms with Gasteiger partial charge in [0, 0.05) is 19.1 Å². The van der Waals surface area contributed by atoms with Gasteiger partial charge in [-0.2, -0.15) is 0 Å². The van der Waals surface area contributed by atoms with Crippen LogP contribution in [0.15, 0.2) is 23.7 Å². The lowest BCUT2D eigenvalue weighted by Crippen LogP contribution is -2.44. The number of thiazole rings is 1. The van der Waals surface area contributed by atoms with Gasteiger partial charge in [-0.3, -0.25) is 9.59 Å². The van der Waals surface area contributed by atoms with Crippen LogP contribution in [0.25, 0.3) is 10.2 Å². The predicted octanol–water partition coefficient (Wildman–Crippen LogP) is 3.61. The van der Waals surface area contributed by atoms with Crippen molar-refractivity contribution in [2.24, 2.45) is 5.41 Å². The van der Waals surface area contributed by atoms with Crippen molar-refractivity contribution in [3.8, 4) is 0 Å². The summed E-state index contributed by atoms with van der Waals surface area (Å²) in [6, 6.07) is 5.78. The van der Waals surface area contributed by atoms with E-state index in [0.29, 0.717) is 25.1 Å². The van der Waals surface area contributed by atoms with Gasteiger partial charge in [0.25, 0.3) is 5.91 Å². The summed E-state index contributed by atoms with van der Waals surface area (Å²) in [5.74, 6) is 0.0201. The van der Waals surface area contributed by atoms with E-state index in [1.807, 2.05) is 23.1 Å². The maximum absolute atomic E-state index is 13.1. The molecule has 0 bridgehead atoms. The van der Waals surface area contributed by atoms with Gasteiger partial charge in [-0.1, -0.05) is 19.9 Å². The van der Waals surface area contributed by atoms with Crippen molar-refractivity contribution >= 4 is 33.4 Å². The summed E-state index contributed by atoms with van der Waals surface area (Å²) in [5, 5.41) is 3.03. The van der Waals surface area contributed by atoms with Crippen LogP contribution in [0, 0.1) is 5.41 Å². The molecule has 3 heterocycles. The Morgan fingerprint density at radius 3 is 3.00 bits per heavy atom. The molecular formula is C22H29N3O3S. The van der Waals surface area contributed by atoms with Crippen molar-refractivity contribution in [2.75, 3.05) is 19.7 Å². The number of nitrogens with zero attached hydrogens (tertiary/aromatic N) is 2. The Hall–Kier alpha value is -1.99. The Morgan fingerprint density at radius 2 is 2.21 bits per heavy atom. The minimum absolute atomic E-state index is 0.00612. The third-order valence-electron chi connectivity index (χ3n) is 6.03. The van der Waals surface area contributed by atoms with Gasteiger partial charge in [0.05, 0.1) is 40.4 Å². The van der Waals surface area contributed by atoms with Crippen LogP contribution in [-0.2, 0) is 9.53 Å². The Morgan fingerprint density at radius 1 is 1.34 bits per heavy atom. The maximum Gasteiger partial charge on any atom is 0.256 e. The number of likely N-dealkylation sites (tertiary alicyclic amines) is 1. The van der Waals surface area contributed by atoms with Crippen LogP contribution in [0.4, 0.5) is 0 Å². The summed E-state index contributed by atoms with van der Waals surface area (Å²) in [7, 11) is 0. The molecule has 2 atom stereocenters. The third kappa shape index (κ3) is 4.61. The van der Waals surface area contributed by atoms with Crippen LogP contribution >= 0.6 is 11.3 Å². The zero-order valence-electron chi connectivity index (χ0n) is 17.1. The van der Waals surface area contributed by atoms with Gasteiger partial charge < -0.3 is 15.0 Å². The monoisotopic (exact) mass is 415 g/mol. The predicted molar refractivity (Wildman–Crippen MR) is 114 cm³/mol. The molecule has 7 heteroatoms. The molecule has 0 spiro atoms. The molecule has 1 aromatic heterocycles. The van der Waals surface area contributed by atoms with Crippen molar-refractivity contribution in [2.45, 2.75) is 58.1 Å². The third-order valence-corrected chi connectivity index (χ3v) is 6.82. The van der Waals surface area contributed by atoms with Crippen LogP contribution in [0.2, 0.25) is 0 Å². The summed E-state index contributed by atoms with van der Waals surface area (Å²) >= 11 is 1.54. The molecule has 2 amide bonds. The number of hydrogen-bond acceptors (Lipinski definition) is 5. The summed E-state index contributed by atoms with van der Waals surface area (Å²) in [6.07, 6.45) is 4.28. The fourth-order valence-electron chi connectivity index (χ4n) is 4.25. The van der Waals surface area contributed by atoms with Crippen LogP contribution < -0.4 is 5.32 Å². The molecule has 1 aromatic carbocycles. The molecule has 2 fully saturated rings. The topological polar surface area (TPSA) is 71.5 Å². The molecule has 4 rings (SSSR count). The Bertz CT molecular complexity index is 884. The number of ether oxygens (including phenoxy) is 1. The van der Waals surface area contributed by atoms with E-state index in [1.54, 1.807) is 16.8 Å². The lowest BCUT2D eigenvalue weighted by molar-refractivity contribution is -0.127. The average molecular weight is 416 g/mol. The highest BCUT2D eigenvalue weighted by Crippen LogP contribution is 2.31. The highest BCUT2D eigenvalue weighted by Gasteiger charge is 2.32. The Kier molecular flexibility index (Phi) is 5.88. The summed E-state index contributed by atoms with van der Waals surface area (Å²) in [5.41, 5.74) is 3.41. The summed E-state index contributed by atoms with van der Waals surface area (Å²) in [4.78, 5) is 31.8. The second kappa shape index (κ2) is 8.40. The number of nitrogens with one attached hydrogen (secondary N) is 1. The van der Waals surface area contributed by atoms with E-state index in [2.05, 4.69) is 24.1 Å². The normalized spacial score (nSPS) is 24.0. The second-order valence-electron chi connectivity index (χ2n) is 8.94. The average Bonchev–Trinajstić information content (AvgIpc) is 3.36. The van der Waals surface area contributed by atoms with E-state index < -0.39 is 0 Å². The first-order chi connectivity index (χ1) is 13.9. The summed E-state index contributed by atoms with van der Waals surface area (Å²) in [6.45, 7) is 6.32. The number of rotatable bonds is 5. The molecule has 0 radical (unpaired) electrons. The fraction of sp³-hybridized carbons (Fsp3) is 0.591. The van der Waals surface area contributed by atoms with Crippen molar-refractivity contribution in [3.63, 3.8) is 0 Å². The number of benzene rings is 1.